The quantitative estimate of drug-likeness (QED) is 0.363. The smallest absolute Gasteiger partial charge is 0.411 e. The zero-order chi connectivity index (χ0) is 27.5. The first-order valence-corrected chi connectivity index (χ1v) is 14.3. The molecule has 0 unspecified atom stereocenters. The largest absolute Gasteiger partial charge is 0.465 e. The molecule has 0 saturated heterocycles. The average Bonchev–Trinajstić information content (AvgIpc) is 3.13. The van der Waals surface area contributed by atoms with Gasteiger partial charge in [-0.3, -0.25) is 5.32 Å². The average molecular weight is 557 g/mol. The van der Waals surface area contributed by atoms with Gasteiger partial charge in [-0.15, -0.1) is 11.3 Å². The molecule has 37 heavy (non-hydrogen) atoms. The normalized spacial score (nSPS) is 18.5. The number of benzene rings is 1. The minimum absolute atomic E-state index is 0.0559. The van der Waals surface area contributed by atoms with E-state index < -0.39 is 33.7 Å². The summed E-state index contributed by atoms with van der Waals surface area (Å²) in [6.07, 6.45) is 0.298. The number of hydrogen-bond acceptors (Lipinski definition) is 7. The molecular weight excluding hydrogens is 523 g/mol. The number of nitrogens with one attached hydrogen (secondary N) is 3. The van der Waals surface area contributed by atoms with Crippen LogP contribution >= 0.6 is 11.3 Å². The number of carbonyl (C=O) groups excluding carboxylic acids is 1. The van der Waals surface area contributed by atoms with Crippen LogP contribution in [0.3, 0.4) is 0 Å². The van der Waals surface area contributed by atoms with Crippen LogP contribution in [-0.4, -0.2) is 48.4 Å². The van der Waals surface area contributed by atoms with E-state index >= 15 is 4.39 Å². The molecule has 3 rings (SSSR count). The second-order valence-corrected chi connectivity index (χ2v) is 13.0. The highest BCUT2D eigenvalue weighted by atomic mass is 32.2. The van der Waals surface area contributed by atoms with E-state index in [2.05, 4.69) is 20.3 Å². The summed E-state index contributed by atoms with van der Waals surface area (Å²) in [7, 11) is -4.12. The Kier molecular flexibility index (Phi) is 8.81. The van der Waals surface area contributed by atoms with Crippen molar-refractivity contribution in [2.45, 2.75) is 88.8 Å². The van der Waals surface area contributed by atoms with Crippen LogP contribution in [0.1, 0.15) is 71.2 Å². The summed E-state index contributed by atoms with van der Waals surface area (Å²) in [6.45, 7) is 8.43. The Morgan fingerprint density at radius 3 is 2.41 bits per heavy atom. The molecule has 0 radical (unpaired) electrons. The molecule has 204 valence electrons. The van der Waals surface area contributed by atoms with E-state index in [9.17, 15) is 18.0 Å². The number of halogens is 1. The number of carboxylic acid groups (broad SMARTS) is 1. The Hall–Kier alpha value is -2.77. The van der Waals surface area contributed by atoms with Crippen molar-refractivity contribution in [3.05, 3.63) is 29.2 Å². The molecule has 0 aliphatic heterocycles. The van der Waals surface area contributed by atoms with Gasteiger partial charge in [-0.1, -0.05) is 0 Å². The Balaban J connectivity index is 1.96. The third-order valence-electron chi connectivity index (χ3n) is 5.55. The van der Waals surface area contributed by atoms with E-state index in [0.717, 1.165) is 11.3 Å². The Labute approximate surface area is 220 Å². The van der Waals surface area contributed by atoms with Gasteiger partial charge in [0.2, 0.25) is 16.0 Å². The number of sulfonamides is 1. The molecule has 0 bridgehead atoms. The summed E-state index contributed by atoms with van der Waals surface area (Å²) in [5.74, 6) is -0.836. The summed E-state index contributed by atoms with van der Waals surface area (Å²) in [6, 6.07) is 4.04. The van der Waals surface area contributed by atoms with Gasteiger partial charge in [0, 0.05) is 28.7 Å². The third-order valence-corrected chi connectivity index (χ3v) is 8.58. The summed E-state index contributed by atoms with van der Waals surface area (Å²) >= 11 is 1.08. The zero-order valence-electron chi connectivity index (χ0n) is 21.4. The third kappa shape index (κ3) is 7.86. The van der Waals surface area contributed by atoms with Crippen molar-refractivity contribution < 1.29 is 32.2 Å². The summed E-state index contributed by atoms with van der Waals surface area (Å²) in [5, 5.41) is 14.5. The monoisotopic (exact) mass is 556 g/mol. The second kappa shape index (κ2) is 11.3. The lowest BCUT2D eigenvalue weighted by Crippen LogP contribution is -2.40. The lowest BCUT2D eigenvalue weighted by molar-refractivity contribution is 0.130. The molecule has 1 fully saturated rings. The molecule has 13 heteroatoms. The standard InChI is InChI=1S/C24H33FN4O6S2/c1-13(2)35-23(32)27-16-10-11-17(18(12-16)37(33,34)29-24(3,4)5)19-20(25)28-21(36-19)14-6-8-15(9-7-14)26-22(30)31/h10-15,26,29H,6-9H2,1-5H3,(H,27,32)(H,30,31)/t14-,15-. The van der Waals surface area contributed by atoms with E-state index in [-0.39, 0.29) is 39.1 Å². The molecule has 1 heterocycles. The van der Waals surface area contributed by atoms with Gasteiger partial charge in [0.1, 0.15) is 0 Å². The van der Waals surface area contributed by atoms with Crippen LogP contribution in [0.4, 0.5) is 19.7 Å². The summed E-state index contributed by atoms with van der Waals surface area (Å²) < 4.78 is 49.5. The molecule has 4 N–H and O–H groups in total. The minimum atomic E-state index is -4.12. The first kappa shape index (κ1) is 28.8. The fourth-order valence-corrected chi connectivity index (χ4v) is 7.02. The molecule has 2 aromatic rings. The maximum Gasteiger partial charge on any atom is 0.411 e. The Morgan fingerprint density at radius 1 is 1.19 bits per heavy atom. The van der Waals surface area contributed by atoms with Crippen molar-refractivity contribution in [1.82, 2.24) is 15.0 Å². The van der Waals surface area contributed by atoms with Gasteiger partial charge in [0.05, 0.1) is 20.9 Å². The lowest BCUT2D eigenvalue weighted by Gasteiger charge is -2.26. The van der Waals surface area contributed by atoms with Crippen LogP contribution in [0.15, 0.2) is 23.1 Å². The number of rotatable bonds is 7. The van der Waals surface area contributed by atoms with Crippen molar-refractivity contribution in [3.63, 3.8) is 0 Å². The van der Waals surface area contributed by atoms with Crippen LogP contribution in [0.2, 0.25) is 0 Å². The molecule has 1 aromatic carbocycles. The molecule has 2 amide bonds. The number of thiazole rings is 1. The van der Waals surface area contributed by atoms with Gasteiger partial charge >= 0.3 is 12.2 Å². The number of carbonyl (C=O) groups is 2. The van der Waals surface area contributed by atoms with Crippen LogP contribution < -0.4 is 15.4 Å². The van der Waals surface area contributed by atoms with Crippen LogP contribution in [0, 0.1) is 5.95 Å². The molecule has 10 nitrogen and oxygen atoms in total. The van der Waals surface area contributed by atoms with Gasteiger partial charge in [0.15, 0.2) is 0 Å². The number of aromatic nitrogens is 1. The first-order valence-electron chi connectivity index (χ1n) is 12.0. The van der Waals surface area contributed by atoms with Crippen LogP contribution in [0.5, 0.6) is 0 Å². The molecule has 1 aliphatic rings. The van der Waals surface area contributed by atoms with Gasteiger partial charge in [-0.25, -0.2) is 27.7 Å². The predicted octanol–water partition coefficient (Wildman–Crippen LogP) is 5.28. The SMILES string of the molecule is CC(C)OC(=O)Nc1ccc(-c2sc([C@H]3CC[C@H](NC(=O)O)CC3)nc2F)c(S(=O)(=O)NC(C)(C)C)c1. The maximum absolute atomic E-state index is 15.2. The highest BCUT2D eigenvalue weighted by molar-refractivity contribution is 7.89. The predicted molar refractivity (Wildman–Crippen MR) is 139 cm³/mol. The number of anilines is 1. The summed E-state index contributed by atoms with van der Waals surface area (Å²) in [4.78, 5) is 27.0. The molecule has 0 spiro atoms. The van der Waals surface area contributed by atoms with Crippen LogP contribution in [0.25, 0.3) is 10.4 Å². The van der Waals surface area contributed by atoms with E-state index in [1.807, 2.05) is 0 Å². The van der Waals surface area contributed by atoms with E-state index in [1.54, 1.807) is 34.6 Å². The lowest BCUT2D eigenvalue weighted by atomic mass is 9.86. The fourth-order valence-electron chi connectivity index (χ4n) is 4.15. The first-order chi connectivity index (χ1) is 17.1. The van der Waals surface area contributed by atoms with E-state index in [4.69, 9.17) is 9.84 Å². The second-order valence-electron chi connectivity index (χ2n) is 10.3. The van der Waals surface area contributed by atoms with Crippen molar-refractivity contribution in [2.24, 2.45) is 0 Å². The molecule has 0 atom stereocenters. The van der Waals surface area contributed by atoms with Gasteiger partial charge in [-0.05, 0) is 78.5 Å². The van der Waals surface area contributed by atoms with E-state index in [0.29, 0.717) is 30.7 Å². The topological polar surface area (TPSA) is 147 Å². The van der Waals surface area contributed by atoms with Crippen molar-refractivity contribution >= 4 is 39.2 Å². The van der Waals surface area contributed by atoms with Crippen molar-refractivity contribution in [1.29, 1.82) is 0 Å². The van der Waals surface area contributed by atoms with Crippen LogP contribution in [-0.2, 0) is 14.8 Å². The maximum atomic E-state index is 15.2. The van der Waals surface area contributed by atoms with E-state index in [1.165, 1.54) is 18.2 Å². The number of hydrogen-bond donors (Lipinski definition) is 4. The number of ether oxygens (including phenoxy) is 1. The zero-order valence-corrected chi connectivity index (χ0v) is 23.1. The molecule has 1 aliphatic carbocycles. The number of amides is 2. The highest BCUT2D eigenvalue weighted by Gasteiger charge is 2.31. The molecular formula is C24H33FN4O6S2. The molecule has 1 saturated carbocycles. The number of nitrogens with zero attached hydrogens (tertiary/aromatic N) is 1. The van der Waals surface area contributed by atoms with Gasteiger partial charge in [-0.2, -0.15) is 4.39 Å². The van der Waals surface area contributed by atoms with Crippen molar-refractivity contribution in [2.75, 3.05) is 5.32 Å². The van der Waals surface area contributed by atoms with Gasteiger partial charge in [0.25, 0.3) is 0 Å². The fraction of sp³-hybridized carbons (Fsp3) is 0.542. The Morgan fingerprint density at radius 2 is 1.84 bits per heavy atom. The minimum Gasteiger partial charge on any atom is -0.465 e. The highest BCUT2D eigenvalue weighted by Crippen LogP contribution is 2.41. The Bertz CT molecular complexity index is 1250. The van der Waals surface area contributed by atoms with Crippen molar-refractivity contribution in [3.8, 4) is 10.4 Å². The summed E-state index contributed by atoms with van der Waals surface area (Å²) in [5.41, 5.74) is -0.504. The van der Waals surface area contributed by atoms with Gasteiger partial charge < -0.3 is 15.2 Å². The molecule has 1 aromatic heterocycles.